The Morgan fingerprint density at radius 2 is 2.08 bits per heavy atom. The summed E-state index contributed by atoms with van der Waals surface area (Å²) in [5.41, 5.74) is 7.97. The summed E-state index contributed by atoms with van der Waals surface area (Å²) in [6.45, 7) is 0.534. The van der Waals surface area contributed by atoms with Gasteiger partial charge in [-0.15, -0.1) is 11.3 Å². The molecule has 4 rings (SSSR count). The van der Waals surface area contributed by atoms with Crippen LogP contribution in [0.25, 0.3) is 11.0 Å². The van der Waals surface area contributed by atoms with E-state index in [9.17, 15) is 4.79 Å². The number of rotatable bonds is 5. The Balaban J connectivity index is 1.65. The van der Waals surface area contributed by atoms with Crippen LogP contribution in [0.15, 0.2) is 29.6 Å². The van der Waals surface area contributed by atoms with E-state index < -0.39 is 0 Å². The summed E-state index contributed by atoms with van der Waals surface area (Å²) < 4.78 is 2.19. The van der Waals surface area contributed by atoms with Crippen LogP contribution in [0.3, 0.4) is 0 Å². The fourth-order valence-electron chi connectivity index (χ4n) is 3.48. The number of hydrogen-bond donors (Lipinski definition) is 2. The Morgan fingerprint density at radius 3 is 2.88 bits per heavy atom. The molecule has 1 saturated carbocycles. The molecule has 2 heterocycles. The highest BCUT2D eigenvalue weighted by atomic mass is 32.1. The number of thiazole rings is 1. The fourth-order valence-corrected chi connectivity index (χ4v) is 4.28. The summed E-state index contributed by atoms with van der Waals surface area (Å²) in [7, 11) is 0. The Morgan fingerprint density at radius 1 is 1.28 bits per heavy atom. The molecule has 1 aromatic carbocycles. The number of nitrogens with zero attached hydrogens (tertiary/aromatic N) is 3. The van der Waals surface area contributed by atoms with Gasteiger partial charge in [-0.3, -0.25) is 10.1 Å². The first kappa shape index (κ1) is 16.2. The number of aromatic nitrogens is 3. The zero-order chi connectivity index (χ0) is 17.2. The quantitative estimate of drug-likeness (QED) is 0.735. The molecule has 0 saturated heterocycles. The molecule has 0 unspecified atom stereocenters. The maximum Gasteiger partial charge on any atom is 0.277 e. The van der Waals surface area contributed by atoms with Crippen LogP contribution in [0.1, 0.15) is 47.2 Å². The smallest absolute Gasteiger partial charge is 0.277 e. The van der Waals surface area contributed by atoms with E-state index in [0.29, 0.717) is 30.6 Å². The second-order valence-corrected chi connectivity index (χ2v) is 7.29. The van der Waals surface area contributed by atoms with Gasteiger partial charge in [-0.1, -0.05) is 25.0 Å². The van der Waals surface area contributed by atoms with Crippen molar-refractivity contribution in [1.82, 2.24) is 14.5 Å². The van der Waals surface area contributed by atoms with Gasteiger partial charge in [0.05, 0.1) is 16.0 Å². The van der Waals surface area contributed by atoms with Gasteiger partial charge in [-0.05, 0) is 31.5 Å². The van der Waals surface area contributed by atoms with E-state index in [1.165, 1.54) is 24.2 Å². The molecule has 6 nitrogen and oxygen atoms in total. The van der Waals surface area contributed by atoms with Crippen molar-refractivity contribution in [2.75, 3.05) is 11.9 Å². The average Bonchev–Trinajstić information content (AvgIpc) is 3.33. The van der Waals surface area contributed by atoms with Crippen LogP contribution in [0, 0.1) is 0 Å². The minimum atomic E-state index is -0.214. The summed E-state index contributed by atoms with van der Waals surface area (Å²) in [6, 6.07) is 8.43. The summed E-state index contributed by atoms with van der Waals surface area (Å²) in [5, 5.41) is 5.64. The normalized spacial score (nSPS) is 15.1. The Hall–Kier alpha value is -2.25. The lowest BCUT2D eigenvalue weighted by atomic mass is 10.2. The molecule has 1 aliphatic carbocycles. The molecule has 0 atom stereocenters. The van der Waals surface area contributed by atoms with Gasteiger partial charge >= 0.3 is 0 Å². The van der Waals surface area contributed by atoms with E-state index in [-0.39, 0.29) is 5.91 Å². The number of carbonyl (C=O) groups excluding carboxylic acids is 1. The van der Waals surface area contributed by atoms with Crippen molar-refractivity contribution in [3.8, 4) is 0 Å². The van der Waals surface area contributed by atoms with Crippen LogP contribution in [0.2, 0.25) is 0 Å². The average molecular weight is 355 g/mol. The van der Waals surface area contributed by atoms with Crippen LogP contribution in [-0.2, 0) is 6.42 Å². The van der Waals surface area contributed by atoms with Gasteiger partial charge in [0.25, 0.3) is 5.91 Å². The minimum Gasteiger partial charge on any atom is -0.330 e. The van der Waals surface area contributed by atoms with E-state index in [1.54, 1.807) is 5.38 Å². The van der Waals surface area contributed by atoms with Crippen molar-refractivity contribution in [2.45, 2.75) is 38.1 Å². The lowest BCUT2D eigenvalue weighted by Crippen LogP contribution is -2.18. The summed E-state index contributed by atoms with van der Waals surface area (Å²) >= 11 is 1.47. The first-order chi connectivity index (χ1) is 12.3. The molecule has 25 heavy (non-hydrogen) atoms. The van der Waals surface area contributed by atoms with Gasteiger partial charge in [-0.2, -0.15) is 0 Å². The highest BCUT2D eigenvalue weighted by molar-refractivity contribution is 7.09. The summed E-state index contributed by atoms with van der Waals surface area (Å²) in [4.78, 5) is 21.6. The minimum absolute atomic E-state index is 0.214. The molecule has 3 aromatic rings. The van der Waals surface area contributed by atoms with E-state index in [0.717, 1.165) is 28.9 Å². The number of amides is 1. The third-order valence-corrected chi connectivity index (χ3v) is 5.56. The molecular weight excluding hydrogens is 334 g/mol. The number of para-hydroxylation sites is 2. The zero-order valence-electron chi connectivity index (χ0n) is 13.9. The highest BCUT2D eigenvalue weighted by Gasteiger charge is 2.24. The molecular formula is C18H21N5OS. The third kappa shape index (κ3) is 3.17. The van der Waals surface area contributed by atoms with Gasteiger partial charge < -0.3 is 10.3 Å². The maximum absolute atomic E-state index is 12.6. The van der Waals surface area contributed by atoms with Crippen molar-refractivity contribution in [2.24, 2.45) is 5.73 Å². The second-order valence-electron chi connectivity index (χ2n) is 6.35. The number of benzene rings is 1. The highest BCUT2D eigenvalue weighted by Crippen LogP contribution is 2.35. The predicted molar refractivity (Wildman–Crippen MR) is 100 cm³/mol. The number of carbonyl (C=O) groups is 1. The molecule has 0 bridgehead atoms. The predicted octanol–water partition coefficient (Wildman–Crippen LogP) is 3.36. The summed E-state index contributed by atoms with van der Waals surface area (Å²) in [5.74, 6) is 0.403. The lowest BCUT2D eigenvalue weighted by Gasteiger charge is -2.16. The topological polar surface area (TPSA) is 85.8 Å². The van der Waals surface area contributed by atoms with Gasteiger partial charge in [-0.25, -0.2) is 9.97 Å². The first-order valence-corrected chi connectivity index (χ1v) is 9.57. The molecule has 3 N–H and O–H groups in total. The fraction of sp³-hybridized carbons (Fsp3) is 0.389. The number of anilines is 1. The van der Waals surface area contributed by atoms with E-state index >= 15 is 0 Å². The van der Waals surface area contributed by atoms with Crippen LogP contribution < -0.4 is 11.1 Å². The second kappa shape index (κ2) is 6.93. The number of nitrogens with two attached hydrogens (primary N) is 1. The van der Waals surface area contributed by atoms with Crippen LogP contribution in [0.4, 0.5) is 5.95 Å². The molecule has 0 radical (unpaired) electrons. The van der Waals surface area contributed by atoms with E-state index in [2.05, 4.69) is 25.9 Å². The van der Waals surface area contributed by atoms with Crippen LogP contribution in [0.5, 0.6) is 0 Å². The van der Waals surface area contributed by atoms with Gasteiger partial charge in [0.15, 0.2) is 0 Å². The number of hydrogen-bond acceptors (Lipinski definition) is 5. The Labute approximate surface area is 150 Å². The number of nitrogens with one attached hydrogen (secondary N) is 1. The summed E-state index contributed by atoms with van der Waals surface area (Å²) in [6.07, 6.45) is 5.39. The molecule has 0 aliphatic heterocycles. The molecule has 1 amide bonds. The molecule has 1 fully saturated rings. The molecule has 7 heteroatoms. The SMILES string of the molecule is NCCc1nc(C(=O)Nc2nc3ccccc3n2C2CCCC2)cs1. The molecule has 0 spiro atoms. The third-order valence-electron chi connectivity index (χ3n) is 4.65. The maximum atomic E-state index is 12.6. The van der Waals surface area contributed by atoms with Crippen LogP contribution in [-0.4, -0.2) is 27.0 Å². The monoisotopic (exact) mass is 355 g/mol. The van der Waals surface area contributed by atoms with E-state index in [4.69, 9.17) is 5.73 Å². The van der Waals surface area contributed by atoms with Crippen molar-refractivity contribution >= 4 is 34.2 Å². The molecule has 1 aliphatic rings. The Bertz CT molecular complexity index is 894. The standard InChI is InChI=1S/C18H21N5OS/c19-10-9-16-20-14(11-25-16)17(24)22-18-21-13-7-3-4-8-15(13)23(18)12-5-1-2-6-12/h3-4,7-8,11-12H,1-2,5-6,9-10,19H2,(H,21,22,24). The van der Waals surface area contributed by atoms with Crippen molar-refractivity contribution in [3.63, 3.8) is 0 Å². The number of imidazole rings is 1. The van der Waals surface area contributed by atoms with Crippen LogP contribution >= 0.6 is 11.3 Å². The first-order valence-electron chi connectivity index (χ1n) is 8.69. The largest absolute Gasteiger partial charge is 0.330 e. The lowest BCUT2D eigenvalue weighted by molar-refractivity contribution is 0.102. The Kier molecular flexibility index (Phi) is 4.50. The van der Waals surface area contributed by atoms with Crippen molar-refractivity contribution in [1.29, 1.82) is 0 Å². The number of fused-ring (bicyclic) bond motifs is 1. The van der Waals surface area contributed by atoms with Gasteiger partial charge in [0.2, 0.25) is 5.95 Å². The molecule has 130 valence electrons. The zero-order valence-corrected chi connectivity index (χ0v) is 14.8. The van der Waals surface area contributed by atoms with Gasteiger partial charge in [0, 0.05) is 17.8 Å². The molecule has 2 aromatic heterocycles. The van der Waals surface area contributed by atoms with E-state index in [1.807, 2.05) is 18.2 Å². The van der Waals surface area contributed by atoms with Gasteiger partial charge in [0.1, 0.15) is 5.69 Å². The van der Waals surface area contributed by atoms with Crippen molar-refractivity contribution < 1.29 is 4.79 Å². The van der Waals surface area contributed by atoms with Crippen molar-refractivity contribution in [3.05, 3.63) is 40.3 Å².